The van der Waals surface area contributed by atoms with Crippen LogP contribution >= 0.6 is 0 Å². The van der Waals surface area contributed by atoms with Crippen LogP contribution in [0.3, 0.4) is 0 Å². The van der Waals surface area contributed by atoms with Gasteiger partial charge in [-0.1, -0.05) is 12.1 Å². The summed E-state index contributed by atoms with van der Waals surface area (Å²) < 4.78 is 0. The molecular weight excluding hydrogens is 252 g/mol. The second kappa shape index (κ2) is 5.45. The fraction of sp³-hybridized carbons (Fsp3) is 0.125. The Hall–Kier alpha value is -2.80. The number of benzene rings is 2. The largest absolute Gasteiger partial charge is 0.507 e. The van der Waals surface area contributed by atoms with E-state index in [9.17, 15) is 9.90 Å². The van der Waals surface area contributed by atoms with Crippen molar-refractivity contribution in [2.24, 2.45) is 0 Å². The number of hydrogen-bond donors (Lipinski definition) is 1. The fourth-order valence-corrected chi connectivity index (χ4v) is 1.89. The molecule has 0 saturated heterocycles. The maximum absolute atomic E-state index is 12.4. The van der Waals surface area contributed by atoms with Gasteiger partial charge in [0.15, 0.2) is 0 Å². The molecule has 0 aliphatic heterocycles. The van der Waals surface area contributed by atoms with Crippen molar-refractivity contribution < 1.29 is 9.90 Å². The van der Waals surface area contributed by atoms with Gasteiger partial charge in [0.25, 0.3) is 5.91 Å². The predicted molar refractivity (Wildman–Crippen MR) is 76.7 cm³/mol. The van der Waals surface area contributed by atoms with E-state index in [4.69, 9.17) is 5.26 Å². The topological polar surface area (TPSA) is 64.3 Å². The molecule has 2 aromatic rings. The Bertz CT molecular complexity index is 685. The molecule has 1 N–H and O–H groups in total. The number of amides is 1. The molecule has 2 rings (SSSR count). The summed E-state index contributed by atoms with van der Waals surface area (Å²) in [6, 6.07) is 13.8. The molecule has 100 valence electrons. The number of carbonyl (C=O) groups is 1. The maximum atomic E-state index is 12.4. The van der Waals surface area contributed by atoms with Crippen LogP contribution in [-0.4, -0.2) is 18.1 Å². The summed E-state index contributed by atoms with van der Waals surface area (Å²) in [7, 11) is 1.63. The van der Waals surface area contributed by atoms with E-state index in [1.165, 1.54) is 4.90 Å². The average Bonchev–Trinajstić information content (AvgIpc) is 2.48. The molecule has 0 radical (unpaired) electrons. The van der Waals surface area contributed by atoms with Crippen molar-refractivity contribution in [1.82, 2.24) is 0 Å². The molecule has 4 heteroatoms. The lowest BCUT2D eigenvalue weighted by atomic mass is 10.1. The Morgan fingerprint density at radius 1 is 1.20 bits per heavy atom. The lowest BCUT2D eigenvalue weighted by molar-refractivity contribution is 0.0990. The summed E-state index contributed by atoms with van der Waals surface area (Å²) in [6.45, 7) is 1.74. The second-order valence-corrected chi connectivity index (χ2v) is 4.49. The minimum atomic E-state index is -0.295. The van der Waals surface area contributed by atoms with Crippen LogP contribution in [0.4, 0.5) is 5.69 Å². The molecular formula is C16H14N2O2. The van der Waals surface area contributed by atoms with Gasteiger partial charge in [0.05, 0.1) is 17.2 Å². The van der Waals surface area contributed by atoms with Crippen molar-refractivity contribution in [3.8, 4) is 11.8 Å². The number of phenols is 1. The van der Waals surface area contributed by atoms with Gasteiger partial charge in [0, 0.05) is 12.7 Å². The third kappa shape index (κ3) is 2.47. The minimum Gasteiger partial charge on any atom is -0.507 e. The van der Waals surface area contributed by atoms with Crippen LogP contribution < -0.4 is 4.90 Å². The number of rotatable bonds is 2. The van der Waals surface area contributed by atoms with Crippen molar-refractivity contribution in [3.63, 3.8) is 0 Å². The van der Waals surface area contributed by atoms with Crippen LogP contribution in [-0.2, 0) is 0 Å². The van der Waals surface area contributed by atoms with E-state index in [-0.39, 0.29) is 17.2 Å². The Morgan fingerprint density at radius 3 is 2.45 bits per heavy atom. The van der Waals surface area contributed by atoms with E-state index in [0.29, 0.717) is 16.8 Å². The number of nitrogens with zero attached hydrogens (tertiary/aromatic N) is 2. The zero-order chi connectivity index (χ0) is 14.7. The highest BCUT2D eigenvalue weighted by Gasteiger charge is 2.17. The van der Waals surface area contributed by atoms with Crippen molar-refractivity contribution in [2.75, 3.05) is 11.9 Å². The van der Waals surface area contributed by atoms with Gasteiger partial charge in [-0.25, -0.2) is 0 Å². The van der Waals surface area contributed by atoms with Crippen LogP contribution in [0.1, 0.15) is 21.5 Å². The van der Waals surface area contributed by atoms with E-state index in [2.05, 4.69) is 0 Å². The monoisotopic (exact) mass is 266 g/mol. The molecule has 0 heterocycles. The highest BCUT2D eigenvalue weighted by atomic mass is 16.3. The number of hydrogen-bond acceptors (Lipinski definition) is 3. The molecule has 0 fully saturated rings. The minimum absolute atomic E-state index is 0.00186. The molecule has 1 amide bonds. The van der Waals surface area contributed by atoms with Gasteiger partial charge in [-0.05, 0) is 42.8 Å². The molecule has 0 aliphatic carbocycles. The maximum Gasteiger partial charge on any atom is 0.261 e. The van der Waals surface area contributed by atoms with Crippen LogP contribution in [0.25, 0.3) is 0 Å². The first-order valence-corrected chi connectivity index (χ1v) is 6.11. The Morgan fingerprint density at radius 2 is 1.85 bits per heavy atom. The van der Waals surface area contributed by atoms with Gasteiger partial charge < -0.3 is 10.0 Å². The van der Waals surface area contributed by atoms with Crippen LogP contribution in [0, 0.1) is 18.3 Å². The molecule has 20 heavy (non-hydrogen) atoms. The first-order chi connectivity index (χ1) is 9.54. The number of phenolic OH excluding ortho intramolecular Hbond substituents is 1. The van der Waals surface area contributed by atoms with Gasteiger partial charge in [0.2, 0.25) is 0 Å². The van der Waals surface area contributed by atoms with E-state index < -0.39 is 0 Å². The number of para-hydroxylation sites is 1. The van der Waals surface area contributed by atoms with Crippen molar-refractivity contribution in [2.45, 2.75) is 6.92 Å². The SMILES string of the molecule is Cc1cccc(C(=O)N(C)c2ccc(C#N)cc2)c1O. The molecule has 4 nitrogen and oxygen atoms in total. The summed E-state index contributed by atoms with van der Waals surface area (Å²) >= 11 is 0. The summed E-state index contributed by atoms with van der Waals surface area (Å²) in [6.07, 6.45) is 0. The molecule has 0 atom stereocenters. The van der Waals surface area contributed by atoms with E-state index in [1.54, 1.807) is 56.4 Å². The first kappa shape index (κ1) is 13.6. The highest BCUT2D eigenvalue weighted by molar-refractivity contribution is 6.07. The van der Waals surface area contributed by atoms with E-state index in [0.717, 1.165) is 0 Å². The standard InChI is InChI=1S/C16H14N2O2/c1-11-4-3-5-14(15(11)19)16(20)18(2)13-8-6-12(10-17)7-9-13/h3-9,19H,1-2H3. The van der Waals surface area contributed by atoms with Crippen molar-refractivity contribution in [1.29, 1.82) is 5.26 Å². The van der Waals surface area contributed by atoms with Gasteiger partial charge in [0.1, 0.15) is 5.75 Å². The third-order valence-corrected chi connectivity index (χ3v) is 3.16. The van der Waals surface area contributed by atoms with Crippen LogP contribution in [0.2, 0.25) is 0 Å². The summed E-state index contributed by atoms with van der Waals surface area (Å²) in [4.78, 5) is 13.8. The zero-order valence-corrected chi connectivity index (χ0v) is 11.3. The molecule has 0 aromatic heterocycles. The Kier molecular flexibility index (Phi) is 3.72. The zero-order valence-electron chi connectivity index (χ0n) is 11.3. The molecule has 0 bridgehead atoms. The van der Waals surface area contributed by atoms with Crippen LogP contribution in [0.5, 0.6) is 5.75 Å². The molecule has 0 saturated carbocycles. The number of carbonyl (C=O) groups excluding carboxylic acids is 1. The van der Waals surface area contributed by atoms with Gasteiger partial charge in [-0.3, -0.25) is 4.79 Å². The van der Waals surface area contributed by atoms with Crippen molar-refractivity contribution in [3.05, 3.63) is 59.2 Å². The number of anilines is 1. The third-order valence-electron chi connectivity index (χ3n) is 3.16. The molecule has 0 spiro atoms. The van der Waals surface area contributed by atoms with Gasteiger partial charge in [-0.2, -0.15) is 5.26 Å². The Balaban J connectivity index is 2.32. The normalized spacial score (nSPS) is 9.85. The van der Waals surface area contributed by atoms with E-state index >= 15 is 0 Å². The lowest BCUT2D eigenvalue weighted by Crippen LogP contribution is -2.26. The van der Waals surface area contributed by atoms with Crippen LogP contribution in [0.15, 0.2) is 42.5 Å². The average molecular weight is 266 g/mol. The summed E-state index contributed by atoms with van der Waals surface area (Å²) in [5.41, 5.74) is 2.11. The van der Waals surface area contributed by atoms with Crippen molar-refractivity contribution >= 4 is 11.6 Å². The Labute approximate surface area is 117 Å². The number of nitriles is 1. The number of aromatic hydroxyl groups is 1. The quantitative estimate of drug-likeness (QED) is 0.909. The van der Waals surface area contributed by atoms with Gasteiger partial charge >= 0.3 is 0 Å². The number of aryl methyl sites for hydroxylation is 1. The molecule has 0 unspecified atom stereocenters. The smallest absolute Gasteiger partial charge is 0.261 e. The van der Waals surface area contributed by atoms with Gasteiger partial charge in [-0.15, -0.1) is 0 Å². The summed E-state index contributed by atoms with van der Waals surface area (Å²) in [5, 5.41) is 18.7. The highest BCUT2D eigenvalue weighted by Crippen LogP contribution is 2.24. The predicted octanol–water partition coefficient (Wildman–Crippen LogP) is 2.85. The summed E-state index contributed by atoms with van der Waals surface area (Å²) in [5.74, 6) is -0.297. The molecule has 2 aromatic carbocycles. The first-order valence-electron chi connectivity index (χ1n) is 6.11. The fourth-order valence-electron chi connectivity index (χ4n) is 1.89. The van der Waals surface area contributed by atoms with E-state index in [1.807, 2.05) is 6.07 Å². The second-order valence-electron chi connectivity index (χ2n) is 4.49. The molecule has 0 aliphatic rings. The lowest BCUT2D eigenvalue weighted by Gasteiger charge is -2.18.